The molecular formula is C32H42NO8P2U-. The van der Waals surface area contributed by atoms with E-state index in [1.54, 1.807) is 39.8 Å². The minimum absolute atomic E-state index is 0. The van der Waals surface area contributed by atoms with E-state index in [0.29, 0.717) is 10.6 Å². The first-order valence-electron chi connectivity index (χ1n) is 14.6. The summed E-state index contributed by atoms with van der Waals surface area (Å²) >= 11 is 0. The average Bonchev–Trinajstić information content (AvgIpc) is 3.31. The average molecular weight is 869 g/mol. The molecule has 0 N–H and O–H groups in total. The summed E-state index contributed by atoms with van der Waals surface area (Å²) in [5.41, 5.74) is 2.53. The molecule has 238 valence electrons. The zero-order chi connectivity index (χ0) is 31.5. The summed E-state index contributed by atoms with van der Waals surface area (Å²) in [7, 11) is -7.00. The largest absolute Gasteiger partial charge is 0.361 e. The van der Waals surface area contributed by atoms with Crippen LogP contribution in [0.3, 0.4) is 0 Å². The molecule has 0 bridgehead atoms. The molecule has 0 amide bonds. The maximum atomic E-state index is 13.5. The van der Waals surface area contributed by atoms with Crippen LogP contribution in [0.15, 0.2) is 60.7 Å². The van der Waals surface area contributed by atoms with Gasteiger partial charge in [0.15, 0.2) is 0 Å². The molecule has 0 radical (unpaired) electrons. The van der Waals surface area contributed by atoms with Gasteiger partial charge in [0.05, 0.1) is 48.1 Å². The van der Waals surface area contributed by atoms with Gasteiger partial charge in [-0.15, -0.1) is 12.1 Å². The standard InChI is InChI=1S/C26H30NO6P2.C6H12O2.U/c1-5-30-34(28,31-6-2)21-14-16-25-23(18-21)24-19-22(35(29,32-7-3)33-8-4)15-17-26(24)27(25)20-12-10-9-11-13-20;1-5(2)6(3,4)8-7-5;/h10-19H,5-8H2,1-4H3;1-4H3;/q-1;;. The fraction of sp³-hybridized carbons (Fsp3) is 0.438. The van der Waals surface area contributed by atoms with Crippen molar-refractivity contribution in [3.05, 3.63) is 66.7 Å². The number of rotatable bonds is 11. The van der Waals surface area contributed by atoms with E-state index >= 15 is 0 Å². The van der Waals surface area contributed by atoms with Gasteiger partial charge in [-0.25, -0.2) is 9.78 Å². The van der Waals surface area contributed by atoms with Gasteiger partial charge in [0.1, 0.15) is 11.2 Å². The first-order valence-corrected chi connectivity index (χ1v) is 17.7. The Bertz CT molecular complexity index is 1530. The van der Waals surface area contributed by atoms with Crippen LogP contribution in [0, 0.1) is 37.2 Å². The van der Waals surface area contributed by atoms with E-state index in [1.165, 1.54) is 0 Å². The molecule has 4 aromatic rings. The Kier molecular flexibility index (Phi) is 12.8. The van der Waals surface area contributed by atoms with Crippen molar-refractivity contribution in [2.45, 2.75) is 66.6 Å². The maximum absolute atomic E-state index is 13.5. The molecule has 1 saturated heterocycles. The van der Waals surface area contributed by atoms with Gasteiger partial charge in [0, 0.05) is 41.9 Å². The van der Waals surface area contributed by atoms with Gasteiger partial charge in [0.2, 0.25) is 0 Å². The molecule has 0 spiro atoms. The Hall–Kier alpha value is -1.27. The van der Waals surface area contributed by atoms with Crippen LogP contribution in [0.25, 0.3) is 27.5 Å². The van der Waals surface area contributed by atoms with E-state index in [-0.39, 0.29) is 68.7 Å². The Morgan fingerprint density at radius 3 is 1.32 bits per heavy atom. The van der Waals surface area contributed by atoms with Crippen LogP contribution in [0.5, 0.6) is 0 Å². The summed E-state index contributed by atoms with van der Waals surface area (Å²) in [6.45, 7) is 16.2. The molecule has 2 heterocycles. The second-order valence-electron chi connectivity index (χ2n) is 10.8. The van der Waals surface area contributed by atoms with Crippen LogP contribution in [0.4, 0.5) is 0 Å². The zero-order valence-corrected chi connectivity index (χ0v) is 32.7. The van der Waals surface area contributed by atoms with Crippen molar-refractivity contribution in [1.82, 2.24) is 4.57 Å². The summed E-state index contributed by atoms with van der Waals surface area (Å²) in [5.74, 6) is 0. The van der Waals surface area contributed by atoms with Crippen molar-refractivity contribution in [3.63, 3.8) is 0 Å². The van der Waals surface area contributed by atoms with Crippen LogP contribution < -0.4 is 10.6 Å². The van der Waals surface area contributed by atoms with Gasteiger partial charge < -0.3 is 22.7 Å². The van der Waals surface area contributed by atoms with E-state index in [2.05, 4.69) is 10.6 Å². The number of hydrogen-bond acceptors (Lipinski definition) is 8. The van der Waals surface area contributed by atoms with Gasteiger partial charge >= 0.3 is 15.2 Å². The third-order valence-electron chi connectivity index (χ3n) is 7.43. The Balaban J connectivity index is 0.000000511. The molecule has 1 aromatic heterocycles. The first kappa shape index (κ1) is 37.2. The normalized spacial score (nSPS) is 15.7. The van der Waals surface area contributed by atoms with E-state index in [4.69, 9.17) is 27.9 Å². The Morgan fingerprint density at radius 2 is 1.02 bits per heavy atom. The molecule has 1 aliphatic heterocycles. The van der Waals surface area contributed by atoms with Crippen LogP contribution in [0.2, 0.25) is 0 Å². The van der Waals surface area contributed by atoms with Crippen molar-refractivity contribution in [2.75, 3.05) is 26.4 Å². The summed E-state index contributed by atoms with van der Waals surface area (Å²) < 4.78 is 51.5. The van der Waals surface area contributed by atoms with Crippen molar-refractivity contribution in [1.29, 1.82) is 0 Å². The zero-order valence-electron chi connectivity index (χ0n) is 26.7. The fourth-order valence-electron chi connectivity index (χ4n) is 4.57. The quantitative estimate of drug-likeness (QED) is 0.0855. The van der Waals surface area contributed by atoms with E-state index < -0.39 is 15.2 Å². The fourth-order valence-corrected chi connectivity index (χ4v) is 7.77. The minimum Gasteiger partial charge on any atom is -0.333 e. The molecule has 9 nitrogen and oxygen atoms in total. The molecule has 5 rings (SSSR count). The van der Waals surface area contributed by atoms with E-state index in [1.807, 2.05) is 76.2 Å². The van der Waals surface area contributed by atoms with E-state index in [9.17, 15) is 9.13 Å². The topological polar surface area (TPSA) is 94.5 Å². The van der Waals surface area contributed by atoms with Gasteiger partial charge in [-0.2, -0.15) is 18.2 Å². The molecule has 1 fully saturated rings. The van der Waals surface area contributed by atoms with Crippen LogP contribution in [0.1, 0.15) is 55.4 Å². The summed E-state index contributed by atoms with van der Waals surface area (Å²) in [6, 6.07) is 21.8. The number of nitrogens with zero attached hydrogens (tertiary/aromatic N) is 1. The number of hydrogen-bond donors (Lipinski definition) is 0. The van der Waals surface area contributed by atoms with Crippen molar-refractivity contribution in [3.8, 4) is 5.69 Å². The number of aromatic nitrogens is 1. The predicted molar refractivity (Wildman–Crippen MR) is 171 cm³/mol. The molecule has 0 aliphatic carbocycles. The van der Waals surface area contributed by atoms with Crippen molar-refractivity contribution in [2.24, 2.45) is 0 Å². The minimum atomic E-state index is -3.50. The molecule has 12 heteroatoms. The predicted octanol–water partition coefficient (Wildman–Crippen LogP) is 7.87. The SMILES string of the molecule is CC1(C)OOC1(C)C.CCOP(=O)(OCC)c1ccc2c(c1)c1cc(P(=O)(OCC)OCC)ccc1n2-c1cc[c-]cc1.[U]. The second-order valence-corrected chi connectivity index (χ2v) is 14.9. The van der Waals surface area contributed by atoms with Crippen LogP contribution in [-0.4, -0.2) is 42.2 Å². The van der Waals surface area contributed by atoms with Crippen LogP contribution >= 0.6 is 15.2 Å². The third kappa shape index (κ3) is 7.48. The number of benzene rings is 3. The second kappa shape index (κ2) is 15.1. The molecule has 0 saturated carbocycles. The third-order valence-corrected chi connectivity index (χ3v) is 11.6. The molecule has 0 atom stereocenters. The molecular weight excluding hydrogens is 826 g/mol. The number of fused-ring (bicyclic) bond motifs is 3. The molecule has 3 aromatic carbocycles. The van der Waals surface area contributed by atoms with Crippen molar-refractivity contribution >= 4 is 47.6 Å². The van der Waals surface area contributed by atoms with Gasteiger partial charge in [-0.05, 0) is 91.8 Å². The van der Waals surface area contributed by atoms with Gasteiger partial charge in [-0.3, -0.25) is 9.13 Å². The molecule has 44 heavy (non-hydrogen) atoms. The van der Waals surface area contributed by atoms with Crippen molar-refractivity contribution < 1.29 is 68.1 Å². The summed E-state index contributed by atoms with van der Waals surface area (Å²) in [5, 5.41) is 2.59. The Labute approximate surface area is 284 Å². The molecule has 1 aliphatic rings. The van der Waals surface area contributed by atoms with Gasteiger partial charge in [0.25, 0.3) is 0 Å². The van der Waals surface area contributed by atoms with Crippen LogP contribution in [-0.2, 0) is 37.0 Å². The maximum Gasteiger partial charge on any atom is 0.361 e. The Morgan fingerprint density at radius 1 is 0.659 bits per heavy atom. The first-order chi connectivity index (χ1) is 20.4. The monoisotopic (exact) mass is 868 g/mol. The van der Waals surface area contributed by atoms with Gasteiger partial charge in [-0.1, -0.05) is 5.69 Å². The molecule has 0 unspecified atom stereocenters. The summed E-state index contributed by atoms with van der Waals surface area (Å²) in [4.78, 5) is 9.67. The van der Waals surface area contributed by atoms with E-state index in [0.717, 1.165) is 27.5 Å². The smallest absolute Gasteiger partial charge is 0.333 e. The summed E-state index contributed by atoms with van der Waals surface area (Å²) in [6.07, 6.45) is 0.